The lowest BCUT2D eigenvalue weighted by molar-refractivity contribution is 0.101. The molecular formula is C17H20N2O. The highest BCUT2D eigenvalue weighted by Crippen LogP contribution is 2.28. The molecule has 0 spiro atoms. The van der Waals surface area contributed by atoms with E-state index >= 15 is 0 Å². The van der Waals surface area contributed by atoms with Gasteiger partial charge in [0.15, 0.2) is 5.78 Å². The van der Waals surface area contributed by atoms with Gasteiger partial charge < -0.3 is 0 Å². The third-order valence-electron chi connectivity index (χ3n) is 3.50. The Bertz CT molecular complexity index is 518. The Morgan fingerprint density at radius 3 is 2.20 bits per heavy atom. The molecule has 0 radical (unpaired) electrons. The van der Waals surface area contributed by atoms with Crippen LogP contribution in [0.1, 0.15) is 55.5 Å². The summed E-state index contributed by atoms with van der Waals surface area (Å²) < 4.78 is 0. The molecule has 0 unspecified atom stereocenters. The van der Waals surface area contributed by atoms with Crippen LogP contribution in [0, 0.1) is 28.1 Å². The van der Waals surface area contributed by atoms with Gasteiger partial charge in [0, 0.05) is 12.0 Å². The van der Waals surface area contributed by atoms with E-state index in [2.05, 4.69) is 19.1 Å². The second-order valence-corrected chi connectivity index (χ2v) is 5.19. The van der Waals surface area contributed by atoms with Crippen LogP contribution in [0.4, 0.5) is 0 Å². The minimum Gasteiger partial charge on any atom is -0.295 e. The third kappa shape index (κ3) is 4.21. The summed E-state index contributed by atoms with van der Waals surface area (Å²) >= 11 is 0. The number of nitrogens with zero attached hydrogens (tertiary/aromatic N) is 2. The molecule has 0 saturated heterocycles. The maximum absolute atomic E-state index is 11.2. The Hall–Kier alpha value is -2.13. The van der Waals surface area contributed by atoms with E-state index in [-0.39, 0.29) is 5.78 Å². The first-order valence-corrected chi connectivity index (χ1v) is 6.99. The van der Waals surface area contributed by atoms with Crippen LogP contribution >= 0.6 is 0 Å². The number of Topliss-reactive ketones (excluding diaryl/α,β-unsaturated/α-hetero) is 1. The number of carbonyl (C=O) groups is 1. The minimum absolute atomic E-state index is 0.0197. The molecule has 0 aromatic heterocycles. The van der Waals surface area contributed by atoms with E-state index in [0.29, 0.717) is 18.4 Å². The molecule has 20 heavy (non-hydrogen) atoms. The van der Waals surface area contributed by atoms with Gasteiger partial charge in [-0.2, -0.15) is 10.5 Å². The van der Waals surface area contributed by atoms with Gasteiger partial charge in [0.2, 0.25) is 0 Å². The number of rotatable bonds is 7. The minimum atomic E-state index is -0.951. The van der Waals surface area contributed by atoms with Crippen molar-refractivity contribution >= 4 is 5.78 Å². The smallest absolute Gasteiger partial charge is 0.159 e. The topological polar surface area (TPSA) is 64.7 Å². The van der Waals surface area contributed by atoms with Gasteiger partial charge in [0.1, 0.15) is 5.41 Å². The number of nitriles is 2. The van der Waals surface area contributed by atoms with Crippen molar-refractivity contribution in [2.75, 3.05) is 0 Å². The fourth-order valence-corrected chi connectivity index (χ4v) is 2.19. The molecule has 3 heteroatoms. The molecule has 104 valence electrons. The maximum atomic E-state index is 11.2. The maximum Gasteiger partial charge on any atom is 0.159 e. The van der Waals surface area contributed by atoms with Crippen LogP contribution in [0.5, 0.6) is 0 Å². The summed E-state index contributed by atoms with van der Waals surface area (Å²) in [6, 6.07) is 11.5. The van der Waals surface area contributed by atoms with Crippen molar-refractivity contribution in [1.29, 1.82) is 10.5 Å². The Morgan fingerprint density at radius 2 is 1.75 bits per heavy atom. The molecule has 0 amide bonds. The first-order valence-electron chi connectivity index (χ1n) is 6.99. The van der Waals surface area contributed by atoms with Crippen molar-refractivity contribution in [2.24, 2.45) is 5.41 Å². The largest absolute Gasteiger partial charge is 0.295 e. The number of hydrogen-bond donors (Lipinski definition) is 0. The molecule has 3 nitrogen and oxygen atoms in total. The number of ketones is 1. The van der Waals surface area contributed by atoms with Gasteiger partial charge in [-0.05, 0) is 18.9 Å². The van der Waals surface area contributed by atoms with Gasteiger partial charge in [-0.25, -0.2) is 0 Å². The monoisotopic (exact) mass is 268 g/mol. The molecule has 0 saturated carbocycles. The first kappa shape index (κ1) is 15.9. The molecule has 1 rings (SSSR count). The molecule has 0 aliphatic rings. The highest BCUT2D eigenvalue weighted by Gasteiger charge is 2.29. The van der Waals surface area contributed by atoms with Crippen molar-refractivity contribution in [2.45, 2.75) is 46.0 Å². The van der Waals surface area contributed by atoms with Gasteiger partial charge in [-0.1, -0.05) is 50.5 Å². The summed E-state index contributed by atoms with van der Waals surface area (Å²) in [5, 5.41) is 18.7. The first-order chi connectivity index (χ1) is 9.56. The zero-order valence-corrected chi connectivity index (χ0v) is 12.1. The molecule has 0 atom stereocenters. The van der Waals surface area contributed by atoms with Crippen molar-refractivity contribution in [1.82, 2.24) is 0 Å². The predicted octanol–water partition coefficient (Wildman–Crippen LogP) is 4.05. The van der Waals surface area contributed by atoms with E-state index in [4.69, 9.17) is 0 Å². The normalized spacial score (nSPS) is 10.6. The zero-order chi connectivity index (χ0) is 15.0. The summed E-state index contributed by atoms with van der Waals surface area (Å²) in [6.07, 6.45) is 4.02. The van der Waals surface area contributed by atoms with Crippen LogP contribution in [0.15, 0.2) is 24.3 Å². The van der Waals surface area contributed by atoms with E-state index in [1.165, 1.54) is 6.92 Å². The summed E-state index contributed by atoms with van der Waals surface area (Å²) in [5.74, 6) is 0.0197. The Balaban J connectivity index is 2.83. The lowest BCUT2D eigenvalue weighted by Gasteiger charge is -2.18. The number of carbonyl (C=O) groups excluding carboxylic acids is 1. The van der Waals surface area contributed by atoms with Crippen molar-refractivity contribution in [3.63, 3.8) is 0 Å². The average Bonchev–Trinajstić information content (AvgIpc) is 2.47. The van der Waals surface area contributed by atoms with Crippen LogP contribution in [0.3, 0.4) is 0 Å². The molecule has 1 aromatic rings. The van der Waals surface area contributed by atoms with Crippen molar-refractivity contribution in [3.8, 4) is 12.1 Å². The van der Waals surface area contributed by atoms with E-state index in [9.17, 15) is 15.3 Å². The van der Waals surface area contributed by atoms with E-state index < -0.39 is 5.41 Å². The van der Waals surface area contributed by atoms with Crippen LogP contribution < -0.4 is 0 Å². The molecule has 1 aromatic carbocycles. The van der Waals surface area contributed by atoms with Crippen LogP contribution in [-0.4, -0.2) is 5.78 Å². The van der Waals surface area contributed by atoms with Crippen LogP contribution in [-0.2, 0) is 6.42 Å². The molecule has 0 aliphatic heterocycles. The highest BCUT2D eigenvalue weighted by molar-refractivity contribution is 5.94. The standard InChI is InChI=1S/C17H20N2O/c1-3-4-5-10-17(12-18,13-19)11-15-6-8-16(9-7-15)14(2)20/h6-9H,3-5,10-11H2,1-2H3. The van der Waals surface area contributed by atoms with E-state index in [1.807, 2.05) is 12.1 Å². The Kier molecular flexibility index (Phi) is 5.94. The Morgan fingerprint density at radius 1 is 1.15 bits per heavy atom. The molecular weight excluding hydrogens is 248 g/mol. The number of benzene rings is 1. The molecule has 0 heterocycles. The fourth-order valence-electron chi connectivity index (χ4n) is 2.19. The Labute approximate surface area is 120 Å². The van der Waals surface area contributed by atoms with Gasteiger partial charge in [0.05, 0.1) is 12.1 Å². The lowest BCUT2D eigenvalue weighted by atomic mass is 9.80. The van der Waals surface area contributed by atoms with Gasteiger partial charge in [-0.3, -0.25) is 4.79 Å². The van der Waals surface area contributed by atoms with Crippen molar-refractivity contribution in [3.05, 3.63) is 35.4 Å². The van der Waals surface area contributed by atoms with Crippen molar-refractivity contribution < 1.29 is 4.79 Å². The second kappa shape index (κ2) is 7.46. The number of hydrogen-bond acceptors (Lipinski definition) is 3. The third-order valence-corrected chi connectivity index (χ3v) is 3.50. The van der Waals surface area contributed by atoms with E-state index in [1.54, 1.807) is 12.1 Å². The predicted molar refractivity (Wildman–Crippen MR) is 78.0 cm³/mol. The summed E-state index contributed by atoms with van der Waals surface area (Å²) in [7, 11) is 0. The number of unbranched alkanes of at least 4 members (excludes halogenated alkanes) is 2. The van der Waals surface area contributed by atoms with E-state index in [0.717, 1.165) is 24.8 Å². The zero-order valence-electron chi connectivity index (χ0n) is 12.1. The van der Waals surface area contributed by atoms with Crippen LogP contribution in [0.25, 0.3) is 0 Å². The fraction of sp³-hybridized carbons (Fsp3) is 0.471. The lowest BCUT2D eigenvalue weighted by Crippen LogP contribution is -2.19. The summed E-state index contributed by atoms with van der Waals surface area (Å²) in [6.45, 7) is 3.62. The molecule has 0 N–H and O–H groups in total. The molecule has 0 fully saturated rings. The van der Waals surface area contributed by atoms with Gasteiger partial charge in [0.25, 0.3) is 0 Å². The summed E-state index contributed by atoms with van der Waals surface area (Å²) in [4.78, 5) is 11.2. The van der Waals surface area contributed by atoms with Gasteiger partial charge >= 0.3 is 0 Å². The summed E-state index contributed by atoms with van der Waals surface area (Å²) in [5.41, 5.74) is 0.626. The second-order valence-electron chi connectivity index (χ2n) is 5.19. The molecule has 0 bridgehead atoms. The molecule has 0 aliphatic carbocycles. The van der Waals surface area contributed by atoms with Gasteiger partial charge in [-0.15, -0.1) is 0 Å². The van der Waals surface area contributed by atoms with Crippen LogP contribution in [0.2, 0.25) is 0 Å². The quantitative estimate of drug-likeness (QED) is 0.553. The average molecular weight is 268 g/mol. The highest BCUT2D eigenvalue weighted by atomic mass is 16.1. The SMILES string of the molecule is CCCCCC(C#N)(C#N)Cc1ccc(C(C)=O)cc1.